The molecule has 0 radical (unpaired) electrons. The Morgan fingerprint density at radius 1 is 0.962 bits per heavy atom. The lowest BCUT2D eigenvalue weighted by atomic mass is 10.1. The zero-order chi connectivity index (χ0) is 18.5. The fourth-order valence-electron chi connectivity index (χ4n) is 2.82. The highest BCUT2D eigenvalue weighted by Crippen LogP contribution is 2.21. The van der Waals surface area contributed by atoms with Crippen molar-refractivity contribution in [2.75, 3.05) is 0 Å². The zero-order valence-corrected chi connectivity index (χ0v) is 15.7. The van der Waals surface area contributed by atoms with Gasteiger partial charge in [-0.05, 0) is 43.2 Å². The number of rotatable bonds is 6. The maximum absolute atomic E-state index is 13.0. The molecule has 0 saturated carbocycles. The SMILES string of the molecule is CC(C)n1ccc(OCc2ccccc2)c(Cc2ccc(Cl)cc2)c1=O. The highest BCUT2D eigenvalue weighted by molar-refractivity contribution is 6.30. The number of halogens is 1. The van der Waals surface area contributed by atoms with Crippen LogP contribution in [-0.4, -0.2) is 4.57 Å². The molecule has 0 aliphatic heterocycles. The van der Waals surface area contributed by atoms with Crippen LogP contribution in [0.5, 0.6) is 5.75 Å². The fourth-order valence-corrected chi connectivity index (χ4v) is 2.95. The number of nitrogens with zero attached hydrogens (tertiary/aromatic N) is 1. The van der Waals surface area contributed by atoms with E-state index in [2.05, 4.69) is 0 Å². The molecule has 0 unspecified atom stereocenters. The second-order valence-corrected chi connectivity index (χ2v) is 6.98. The molecule has 0 aliphatic rings. The standard InChI is InChI=1S/C22H22ClNO2/c1-16(2)24-13-12-21(26-15-18-6-4-3-5-7-18)20(22(24)25)14-17-8-10-19(23)11-9-17/h3-13,16H,14-15H2,1-2H3. The van der Waals surface area contributed by atoms with Crippen LogP contribution in [0.2, 0.25) is 5.02 Å². The summed E-state index contributed by atoms with van der Waals surface area (Å²) in [7, 11) is 0. The fraction of sp³-hybridized carbons (Fsp3) is 0.227. The van der Waals surface area contributed by atoms with Crippen LogP contribution in [0.4, 0.5) is 0 Å². The molecule has 2 aromatic carbocycles. The predicted molar refractivity (Wildman–Crippen MR) is 106 cm³/mol. The van der Waals surface area contributed by atoms with Crippen molar-refractivity contribution < 1.29 is 4.74 Å². The number of benzene rings is 2. The predicted octanol–water partition coefficient (Wildman–Crippen LogP) is 5.25. The molecule has 0 atom stereocenters. The summed E-state index contributed by atoms with van der Waals surface area (Å²) in [4.78, 5) is 13.0. The van der Waals surface area contributed by atoms with Crippen molar-refractivity contribution in [2.45, 2.75) is 32.9 Å². The van der Waals surface area contributed by atoms with Gasteiger partial charge in [-0.2, -0.15) is 0 Å². The quantitative estimate of drug-likeness (QED) is 0.595. The van der Waals surface area contributed by atoms with Crippen molar-refractivity contribution in [3.05, 3.63) is 98.9 Å². The van der Waals surface area contributed by atoms with Gasteiger partial charge in [0.05, 0.1) is 5.56 Å². The van der Waals surface area contributed by atoms with E-state index < -0.39 is 0 Å². The minimum absolute atomic E-state index is 0.0134. The Labute approximate surface area is 158 Å². The van der Waals surface area contributed by atoms with Crippen LogP contribution in [0.3, 0.4) is 0 Å². The molecule has 0 saturated heterocycles. The van der Waals surface area contributed by atoms with Gasteiger partial charge < -0.3 is 9.30 Å². The van der Waals surface area contributed by atoms with Gasteiger partial charge in [0, 0.05) is 23.7 Å². The molecular weight excluding hydrogens is 346 g/mol. The summed E-state index contributed by atoms with van der Waals surface area (Å²) in [6, 6.07) is 19.5. The Hall–Kier alpha value is -2.52. The topological polar surface area (TPSA) is 31.2 Å². The van der Waals surface area contributed by atoms with Crippen molar-refractivity contribution in [1.82, 2.24) is 4.57 Å². The Bertz CT molecular complexity index is 915. The molecule has 3 rings (SSSR count). The summed E-state index contributed by atoms with van der Waals surface area (Å²) in [6.07, 6.45) is 2.31. The van der Waals surface area contributed by atoms with E-state index in [1.165, 1.54) is 0 Å². The molecule has 3 nitrogen and oxygen atoms in total. The Morgan fingerprint density at radius 3 is 2.31 bits per heavy atom. The number of hydrogen-bond acceptors (Lipinski definition) is 2. The lowest BCUT2D eigenvalue weighted by Gasteiger charge is -2.16. The van der Waals surface area contributed by atoms with Crippen LogP contribution < -0.4 is 10.3 Å². The molecule has 0 bridgehead atoms. The molecule has 0 spiro atoms. The molecule has 4 heteroatoms. The Kier molecular flexibility index (Phi) is 5.79. The van der Waals surface area contributed by atoms with Crippen LogP contribution in [0.15, 0.2) is 71.7 Å². The van der Waals surface area contributed by atoms with Crippen LogP contribution in [0.1, 0.15) is 36.6 Å². The van der Waals surface area contributed by atoms with Crippen molar-refractivity contribution in [3.8, 4) is 5.75 Å². The zero-order valence-electron chi connectivity index (χ0n) is 15.0. The lowest BCUT2D eigenvalue weighted by Crippen LogP contribution is -2.25. The van der Waals surface area contributed by atoms with E-state index in [-0.39, 0.29) is 11.6 Å². The number of aromatic nitrogens is 1. The Balaban J connectivity index is 1.93. The van der Waals surface area contributed by atoms with Crippen LogP contribution in [0.25, 0.3) is 0 Å². The molecule has 0 amide bonds. The second kappa shape index (κ2) is 8.24. The van der Waals surface area contributed by atoms with Gasteiger partial charge >= 0.3 is 0 Å². The molecule has 3 aromatic rings. The summed E-state index contributed by atoms with van der Waals surface area (Å²) < 4.78 is 7.73. The molecule has 134 valence electrons. The molecule has 1 aromatic heterocycles. The largest absolute Gasteiger partial charge is 0.488 e. The first-order valence-corrected chi connectivity index (χ1v) is 9.07. The van der Waals surface area contributed by atoms with E-state index in [9.17, 15) is 4.79 Å². The third-order valence-electron chi connectivity index (χ3n) is 4.26. The summed E-state index contributed by atoms with van der Waals surface area (Å²) in [5.74, 6) is 0.630. The third-order valence-corrected chi connectivity index (χ3v) is 4.52. The van der Waals surface area contributed by atoms with Crippen LogP contribution in [-0.2, 0) is 13.0 Å². The van der Waals surface area contributed by atoms with Gasteiger partial charge in [-0.25, -0.2) is 0 Å². The maximum Gasteiger partial charge on any atom is 0.258 e. The maximum atomic E-state index is 13.0. The van der Waals surface area contributed by atoms with E-state index >= 15 is 0 Å². The van der Waals surface area contributed by atoms with E-state index in [0.717, 1.165) is 11.1 Å². The number of pyridine rings is 1. The van der Waals surface area contributed by atoms with Crippen molar-refractivity contribution in [2.24, 2.45) is 0 Å². The first-order chi connectivity index (χ1) is 12.5. The third kappa shape index (κ3) is 4.36. The van der Waals surface area contributed by atoms with Gasteiger partial charge in [-0.1, -0.05) is 54.1 Å². The number of hydrogen-bond donors (Lipinski definition) is 0. The first kappa shape index (κ1) is 18.3. The summed E-state index contributed by atoms with van der Waals surface area (Å²) in [5, 5.41) is 0.682. The molecule has 26 heavy (non-hydrogen) atoms. The normalized spacial score (nSPS) is 10.9. The number of ether oxygens (including phenoxy) is 1. The van der Waals surface area contributed by atoms with Gasteiger partial charge in [0.25, 0.3) is 5.56 Å². The van der Waals surface area contributed by atoms with Crippen LogP contribution >= 0.6 is 11.6 Å². The monoisotopic (exact) mass is 367 g/mol. The van der Waals surface area contributed by atoms with Gasteiger partial charge in [-0.15, -0.1) is 0 Å². The first-order valence-electron chi connectivity index (χ1n) is 8.70. The van der Waals surface area contributed by atoms with Crippen LogP contribution in [0, 0.1) is 0 Å². The molecular formula is C22H22ClNO2. The molecule has 0 fully saturated rings. The van der Waals surface area contributed by atoms with E-state index in [4.69, 9.17) is 16.3 Å². The van der Waals surface area contributed by atoms with E-state index in [1.54, 1.807) is 10.8 Å². The summed E-state index contributed by atoms with van der Waals surface area (Å²) >= 11 is 5.97. The Morgan fingerprint density at radius 2 is 1.65 bits per heavy atom. The lowest BCUT2D eigenvalue weighted by molar-refractivity contribution is 0.301. The highest BCUT2D eigenvalue weighted by Gasteiger charge is 2.14. The molecule has 1 heterocycles. The second-order valence-electron chi connectivity index (χ2n) is 6.54. The molecule has 0 aliphatic carbocycles. The van der Waals surface area contributed by atoms with Crippen molar-refractivity contribution in [1.29, 1.82) is 0 Å². The van der Waals surface area contributed by atoms with Gasteiger partial charge in [0.2, 0.25) is 0 Å². The van der Waals surface area contributed by atoms with Gasteiger partial charge in [0.15, 0.2) is 0 Å². The average molecular weight is 368 g/mol. The summed E-state index contributed by atoms with van der Waals surface area (Å²) in [5.41, 5.74) is 2.75. The minimum atomic E-state index is -0.0134. The molecule has 0 N–H and O–H groups in total. The van der Waals surface area contributed by atoms with Gasteiger partial charge in [-0.3, -0.25) is 4.79 Å². The van der Waals surface area contributed by atoms with Crippen molar-refractivity contribution in [3.63, 3.8) is 0 Å². The average Bonchev–Trinajstić information content (AvgIpc) is 2.64. The highest BCUT2D eigenvalue weighted by atomic mass is 35.5. The smallest absolute Gasteiger partial charge is 0.258 e. The summed E-state index contributed by atoms with van der Waals surface area (Å²) in [6.45, 7) is 4.43. The van der Waals surface area contributed by atoms with Crippen molar-refractivity contribution >= 4 is 11.6 Å². The van der Waals surface area contributed by atoms with E-state index in [0.29, 0.717) is 29.4 Å². The van der Waals surface area contributed by atoms with E-state index in [1.807, 2.05) is 74.5 Å². The minimum Gasteiger partial charge on any atom is -0.488 e. The van der Waals surface area contributed by atoms with Gasteiger partial charge in [0.1, 0.15) is 12.4 Å².